The fourth-order valence-electron chi connectivity index (χ4n) is 1.92. The summed E-state index contributed by atoms with van der Waals surface area (Å²) in [6, 6.07) is 8.31. The minimum Gasteiger partial charge on any atom is -0.497 e. The van der Waals surface area contributed by atoms with E-state index in [-0.39, 0.29) is 0 Å². The lowest BCUT2D eigenvalue weighted by atomic mass is 9.86. The Hall–Kier alpha value is -1.02. The SMILES string of the molecule is COc1ccc(C(CCN)C(C)C)cc1. The van der Waals surface area contributed by atoms with E-state index in [1.807, 2.05) is 12.1 Å². The van der Waals surface area contributed by atoms with E-state index in [2.05, 4.69) is 26.0 Å². The molecule has 1 atom stereocenters. The van der Waals surface area contributed by atoms with Crippen LogP contribution in [0.25, 0.3) is 0 Å². The molecule has 15 heavy (non-hydrogen) atoms. The number of methoxy groups -OCH3 is 1. The highest BCUT2D eigenvalue weighted by molar-refractivity contribution is 5.29. The Morgan fingerprint density at radius 3 is 2.20 bits per heavy atom. The summed E-state index contributed by atoms with van der Waals surface area (Å²) >= 11 is 0. The monoisotopic (exact) mass is 207 g/mol. The Labute approximate surface area is 92.4 Å². The van der Waals surface area contributed by atoms with Gasteiger partial charge in [-0.1, -0.05) is 26.0 Å². The van der Waals surface area contributed by atoms with Crippen LogP contribution < -0.4 is 10.5 Å². The highest BCUT2D eigenvalue weighted by Gasteiger charge is 2.14. The first-order chi connectivity index (χ1) is 7.19. The first kappa shape index (κ1) is 12.1. The number of rotatable bonds is 5. The van der Waals surface area contributed by atoms with Gasteiger partial charge < -0.3 is 10.5 Å². The van der Waals surface area contributed by atoms with Crippen LogP contribution in [0, 0.1) is 5.92 Å². The number of hydrogen-bond donors (Lipinski definition) is 1. The number of nitrogens with two attached hydrogens (primary N) is 1. The predicted molar refractivity (Wildman–Crippen MR) is 64.2 cm³/mol. The third-order valence-electron chi connectivity index (χ3n) is 2.83. The molecule has 2 heteroatoms. The van der Waals surface area contributed by atoms with E-state index in [4.69, 9.17) is 10.5 Å². The summed E-state index contributed by atoms with van der Waals surface area (Å²) < 4.78 is 5.14. The Morgan fingerprint density at radius 1 is 1.20 bits per heavy atom. The molecule has 2 N–H and O–H groups in total. The van der Waals surface area contributed by atoms with Gasteiger partial charge >= 0.3 is 0 Å². The standard InChI is InChI=1S/C13H21NO/c1-10(2)13(8-9-14)11-4-6-12(15-3)7-5-11/h4-7,10,13H,8-9,14H2,1-3H3. The smallest absolute Gasteiger partial charge is 0.118 e. The second-order valence-electron chi connectivity index (χ2n) is 4.20. The highest BCUT2D eigenvalue weighted by atomic mass is 16.5. The molecule has 0 spiro atoms. The van der Waals surface area contributed by atoms with Crippen LogP contribution in [0.4, 0.5) is 0 Å². The normalized spacial score (nSPS) is 12.9. The van der Waals surface area contributed by atoms with Crippen molar-refractivity contribution >= 4 is 0 Å². The van der Waals surface area contributed by atoms with Crippen molar-refractivity contribution in [1.82, 2.24) is 0 Å². The molecule has 0 aromatic heterocycles. The fourth-order valence-corrected chi connectivity index (χ4v) is 1.92. The van der Waals surface area contributed by atoms with E-state index in [0.717, 1.165) is 18.7 Å². The average Bonchev–Trinajstić information content (AvgIpc) is 2.26. The first-order valence-electron chi connectivity index (χ1n) is 5.53. The van der Waals surface area contributed by atoms with E-state index < -0.39 is 0 Å². The molecule has 0 bridgehead atoms. The van der Waals surface area contributed by atoms with Gasteiger partial charge in [-0.25, -0.2) is 0 Å². The maximum absolute atomic E-state index is 5.64. The number of ether oxygens (including phenoxy) is 1. The molecule has 0 aliphatic carbocycles. The van der Waals surface area contributed by atoms with Crippen LogP contribution in [0.15, 0.2) is 24.3 Å². The number of hydrogen-bond acceptors (Lipinski definition) is 2. The van der Waals surface area contributed by atoms with Gasteiger partial charge in [0.05, 0.1) is 7.11 Å². The van der Waals surface area contributed by atoms with Gasteiger partial charge in [-0.2, -0.15) is 0 Å². The van der Waals surface area contributed by atoms with Crippen LogP contribution >= 0.6 is 0 Å². The average molecular weight is 207 g/mol. The Kier molecular flexibility index (Phi) is 4.63. The summed E-state index contributed by atoms with van der Waals surface area (Å²) in [6.45, 7) is 5.23. The molecule has 1 aromatic carbocycles. The molecule has 0 aliphatic heterocycles. The van der Waals surface area contributed by atoms with Gasteiger partial charge in [0.1, 0.15) is 5.75 Å². The molecule has 0 fully saturated rings. The Balaban J connectivity index is 2.81. The van der Waals surface area contributed by atoms with Gasteiger partial charge in [0.15, 0.2) is 0 Å². The minimum absolute atomic E-state index is 0.556. The molecule has 0 radical (unpaired) electrons. The van der Waals surface area contributed by atoms with Crippen LogP contribution in [0.1, 0.15) is 31.7 Å². The van der Waals surface area contributed by atoms with Crippen molar-refractivity contribution in [3.8, 4) is 5.75 Å². The molecular formula is C13H21NO. The maximum atomic E-state index is 5.64. The van der Waals surface area contributed by atoms with Crippen molar-refractivity contribution < 1.29 is 4.74 Å². The zero-order valence-corrected chi connectivity index (χ0v) is 9.86. The van der Waals surface area contributed by atoms with Crippen molar-refractivity contribution in [3.63, 3.8) is 0 Å². The third-order valence-corrected chi connectivity index (χ3v) is 2.83. The second-order valence-corrected chi connectivity index (χ2v) is 4.20. The van der Waals surface area contributed by atoms with Gasteiger partial charge in [0.2, 0.25) is 0 Å². The lowest BCUT2D eigenvalue weighted by molar-refractivity contribution is 0.413. The van der Waals surface area contributed by atoms with Crippen molar-refractivity contribution in [2.45, 2.75) is 26.2 Å². The summed E-state index contributed by atoms with van der Waals surface area (Å²) in [4.78, 5) is 0. The zero-order chi connectivity index (χ0) is 11.3. The van der Waals surface area contributed by atoms with E-state index in [9.17, 15) is 0 Å². The van der Waals surface area contributed by atoms with Crippen LogP contribution in [0.3, 0.4) is 0 Å². The molecule has 0 saturated heterocycles. The quantitative estimate of drug-likeness (QED) is 0.805. The topological polar surface area (TPSA) is 35.2 Å². The van der Waals surface area contributed by atoms with Crippen LogP contribution in [-0.2, 0) is 0 Å². The summed E-state index contributed by atoms with van der Waals surface area (Å²) in [5.74, 6) is 2.09. The molecule has 1 unspecified atom stereocenters. The first-order valence-corrected chi connectivity index (χ1v) is 5.53. The van der Waals surface area contributed by atoms with Crippen molar-refractivity contribution in [3.05, 3.63) is 29.8 Å². The second kappa shape index (κ2) is 5.76. The lowest BCUT2D eigenvalue weighted by Crippen LogP contribution is -2.12. The van der Waals surface area contributed by atoms with Gasteiger partial charge in [-0.15, -0.1) is 0 Å². The van der Waals surface area contributed by atoms with Gasteiger partial charge in [-0.05, 0) is 42.5 Å². The molecule has 1 aromatic rings. The minimum atomic E-state index is 0.556. The van der Waals surface area contributed by atoms with Gasteiger partial charge in [0.25, 0.3) is 0 Å². The molecule has 0 amide bonds. The molecule has 0 heterocycles. The fraction of sp³-hybridized carbons (Fsp3) is 0.538. The van der Waals surface area contributed by atoms with E-state index >= 15 is 0 Å². The summed E-state index contributed by atoms with van der Waals surface area (Å²) in [7, 11) is 1.69. The van der Waals surface area contributed by atoms with E-state index in [0.29, 0.717) is 11.8 Å². The molecule has 1 rings (SSSR count). The summed E-state index contributed by atoms with van der Waals surface area (Å²) in [5.41, 5.74) is 6.99. The van der Waals surface area contributed by atoms with Crippen molar-refractivity contribution in [2.24, 2.45) is 11.7 Å². The molecule has 2 nitrogen and oxygen atoms in total. The highest BCUT2D eigenvalue weighted by Crippen LogP contribution is 2.28. The largest absolute Gasteiger partial charge is 0.497 e. The van der Waals surface area contributed by atoms with Crippen molar-refractivity contribution in [1.29, 1.82) is 0 Å². The predicted octanol–water partition coefficient (Wildman–Crippen LogP) is 2.78. The van der Waals surface area contributed by atoms with E-state index in [1.165, 1.54) is 5.56 Å². The molecule has 0 saturated carbocycles. The zero-order valence-electron chi connectivity index (χ0n) is 9.86. The summed E-state index contributed by atoms with van der Waals surface area (Å²) in [6.07, 6.45) is 1.05. The Morgan fingerprint density at radius 2 is 1.80 bits per heavy atom. The molecule has 0 aliphatic rings. The van der Waals surface area contributed by atoms with Crippen LogP contribution in [-0.4, -0.2) is 13.7 Å². The maximum Gasteiger partial charge on any atom is 0.118 e. The summed E-state index contributed by atoms with van der Waals surface area (Å²) in [5, 5.41) is 0. The van der Waals surface area contributed by atoms with Gasteiger partial charge in [-0.3, -0.25) is 0 Å². The third kappa shape index (κ3) is 3.24. The molecule has 84 valence electrons. The van der Waals surface area contributed by atoms with E-state index in [1.54, 1.807) is 7.11 Å². The van der Waals surface area contributed by atoms with Crippen LogP contribution in [0.5, 0.6) is 5.75 Å². The Bertz CT molecular complexity index is 279. The number of benzene rings is 1. The van der Waals surface area contributed by atoms with Gasteiger partial charge in [0, 0.05) is 0 Å². The molecular weight excluding hydrogens is 186 g/mol. The van der Waals surface area contributed by atoms with Crippen molar-refractivity contribution in [2.75, 3.05) is 13.7 Å². The lowest BCUT2D eigenvalue weighted by Gasteiger charge is -2.20. The van der Waals surface area contributed by atoms with Crippen LogP contribution in [0.2, 0.25) is 0 Å².